The van der Waals surface area contributed by atoms with E-state index in [0.29, 0.717) is 18.5 Å². The topological polar surface area (TPSA) is 71.0 Å². The summed E-state index contributed by atoms with van der Waals surface area (Å²) in [4.78, 5) is 31.9. The van der Waals surface area contributed by atoms with E-state index >= 15 is 0 Å². The maximum atomic E-state index is 12.9. The number of hydrogen-bond donors (Lipinski definition) is 1. The summed E-state index contributed by atoms with van der Waals surface area (Å²) in [7, 11) is 1.40. The molecular weight excluding hydrogens is 386 g/mol. The van der Waals surface area contributed by atoms with Crippen LogP contribution in [0.25, 0.3) is 0 Å². The van der Waals surface area contributed by atoms with Crippen molar-refractivity contribution < 1.29 is 14.3 Å². The van der Waals surface area contributed by atoms with Crippen molar-refractivity contribution in [2.75, 3.05) is 13.7 Å². The standard InChI is InChI=1S/C22H27N3O3S/c1-6-17-19(21(27)28-5)20(16-10-13(3)8-9-14(16)4)25-15(11-18(26)23-7-2)12-29-22(25)24-17/h8-10,12,20H,6-7,11H2,1-5H3,(H,23,26). The van der Waals surface area contributed by atoms with Gasteiger partial charge in [-0.3, -0.25) is 4.79 Å². The number of amides is 1. The first-order valence-electron chi connectivity index (χ1n) is 9.80. The summed E-state index contributed by atoms with van der Waals surface area (Å²) in [6, 6.07) is 5.85. The Hall–Kier alpha value is -2.54. The molecule has 1 N–H and O–H groups in total. The Morgan fingerprint density at radius 1 is 1.28 bits per heavy atom. The van der Waals surface area contributed by atoms with Crippen LogP contribution >= 0.6 is 11.8 Å². The number of allylic oxidation sites excluding steroid dienone is 1. The fraction of sp³-hybridized carbons (Fsp3) is 0.409. The number of fused-ring (bicyclic) bond motifs is 1. The van der Waals surface area contributed by atoms with E-state index in [2.05, 4.69) is 23.5 Å². The number of nitrogens with zero attached hydrogens (tertiary/aromatic N) is 2. The SMILES string of the molecule is CCNC(=O)CC1=CSC2=NC(CC)=C(C(=O)OC)C(c3cc(C)ccc3C)N12. The summed E-state index contributed by atoms with van der Waals surface area (Å²) in [5.41, 5.74) is 5.31. The molecule has 7 heteroatoms. The van der Waals surface area contributed by atoms with Gasteiger partial charge in [0, 0.05) is 12.2 Å². The van der Waals surface area contributed by atoms with Crippen LogP contribution in [-0.2, 0) is 14.3 Å². The van der Waals surface area contributed by atoms with Crippen molar-refractivity contribution in [1.29, 1.82) is 0 Å². The van der Waals surface area contributed by atoms with E-state index in [-0.39, 0.29) is 24.3 Å². The number of methoxy groups -OCH3 is 1. The molecule has 3 rings (SSSR count). The number of esters is 1. The lowest BCUT2D eigenvalue weighted by atomic mass is 9.89. The van der Waals surface area contributed by atoms with Gasteiger partial charge in [-0.15, -0.1) is 0 Å². The average Bonchev–Trinajstić information content (AvgIpc) is 3.10. The third-order valence-electron chi connectivity index (χ3n) is 5.07. The molecule has 2 aliphatic heterocycles. The predicted octanol–water partition coefficient (Wildman–Crippen LogP) is 3.97. The zero-order valence-corrected chi connectivity index (χ0v) is 18.4. The van der Waals surface area contributed by atoms with Crippen LogP contribution in [0.1, 0.15) is 49.4 Å². The molecule has 0 saturated carbocycles. The van der Waals surface area contributed by atoms with Gasteiger partial charge < -0.3 is 15.0 Å². The molecule has 2 heterocycles. The smallest absolute Gasteiger partial charge is 0.338 e. The Morgan fingerprint density at radius 3 is 2.69 bits per heavy atom. The molecule has 0 aliphatic carbocycles. The minimum atomic E-state index is -0.384. The number of hydrogen-bond acceptors (Lipinski definition) is 6. The van der Waals surface area contributed by atoms with Crippen LogP contribution in [0, 0.1) is 13.8 Å². The first-order chi connectivity index (χ1) is 13.9. The van der Waals surface area contributed by atoms with Crippen molar-refractivity contribution in [1.82, 2.24) is 10.2 Å². The molecule has 2 aliphatic rings. The number of benzene rings is 1. The van der Waals surface area contributed by atoms with Gasteiger partial charge in [-0.1, -0.05) is 42.4 Å². The van der Waals surface area contributed by atoms with Gasteiger partial charge in [0.05, 0.1) is 30.8 Å². The highest BCUT2D eigenvalue weighted by Gasteiger charge is 2.41. The molecule has 0 saturated heterocycles. The number of ether oxygens (including phenoxy) is 1. The van der Waals surface area contributed by atoms with E-state index in [1.807, 2.05) is 38.0 Å². The molecule has 1 amide bonds. The Morgan fingerprint density at radius 2 is 2.03 bits per heavy atom. The number of carbonyl (C=O) groups is 2. The third kappa shape index (κ3) is 4.10. The summed E-state index contributed by atoms with van der Waals surface area (Å²) in [6.07, 6.45) is 0.854. The second kappa shape index (κ2) is 8.86. The fourth-order valence-electron chi connectivity index (χ4n) is 3.69. The van der Waals surface area contributed by atoms with Crippen LogP contribution in [0.2, 0.25) is 0 Å². The third-order valence-corrected chi connectivity index (χ3v) is 5.96. The molecular formula is C22H27N3O3S. The van der Waals surface area contributed by atoms with Crippen molar-refractivity contribution in [3.63, 3.8) is 0 Å². The predicted molar refractivity (Wildman–Crippen MR) is 116 cm³/mol. The van der Waals surface area contributed by atoms with E-state index in [0.717, 1.165) is 33.3 Å². The summed E-state index contributed by atoms with van der Waals surface area (Å²) < 4.78 is 5.15. The van der Waals surface area contributed by atoms with Gasteiger partial charge in [0.25, 0.3) is 0 Å². The molecule has 1 atom stereocenters. The Bertz CT molecular complexity index is 933. The van der Waals surface area contributed by atoms with Crippen molar-refractivity contribution in [3.05, 3.63) is 57.3 Å². The number of aryl methyl sites for hydroxylation is 2. The fourth-order valence-corrected chi connectivity index (χ4v) is 4.62. The lowest BCUT2D eigenvalue weighted by Crippen LogP contribution is -2.38. The molecule has 0 spiro atoms. The van der Waals surface area contributed by atoms with E-state index in [1.54, 1.807) is 0 Å². The summed E-state index contributed by atoms with van der Waals surface area (Å²) in [5.74, 6) is -0.435. The maximum absolute atomic E-state index is 12.9. The first-order valence-corrected chi connectivity index (χ1v) is 10.7. The van der Waals surface area contributed by atoms with Crippen LogP contribution in [0.5, 0.6) is 0 Å². The molecule has 154 valence electrons. The molecule has 0 bridgehead atoms. The van der Waals surface area contributed by atoms with E-state index in [1.165, 1.54) is 18.9 Å². The van der Waals surface area contributed by atoms with Crippen molar-refractivity contribution >= 4 is 28.8 Å². The Balaban J connectivity index is 2.16. The Kier molecular flexibility index (Phi) is 6.47. The zero-order chi connectivity index (χ0) is 21.1. The van der Waals surface area contributed by atoms with E-state index in [9.17, 15) is 9.59 Å². The maximum Gasteiger partial charge on any atom is 0.338 e. The van der Waals surface area contributed by atoms with Gasteiger partial charge in [-0.2, -0.15) is 0 Å². The van der Waals surface area contributed by atoms with Gasteiger partial charge in [-0.05, 0) is 43.7 Å². The van der Waals surface area contributed by atoms with E-state index < -0.39 is 0 Å². The van der Waals surface area contributed by atoms with Gasteiger partial charge in [0.1, 0.15) is 0 Å². The Labute approximate surface area is 176 Å². The van der Waals surface area contributed by atoms with Crippen molar-refractivity contribution in [3.8, 4) is 0 Å². The van der Waals surface area contributed by atoms with Crippen LogP contribution < -0.4 is 5.32 Å². The molecule has 0 fully saturated rings. The minimum absolute atomic E-state index is 0.0507. The van der Waals surface area contributed by atoms with Gasteiger partial charge in [-0.25, -0.2) is 9.79 Å². The number of nitrogens with one attached hydrogen (secondary N) is 1. The first kappa shape index (κ1) is 21.2. The summed E-state index contributed by atoms with van der Waals surface area (Å²) >= 11 is 1.49. The molecule has 6 nitrogen and oxygen atoms in total. The summed E-state index contributed by atoms with van der Waals surface area (Å²) in [6.45, 7) is 8.53. The van der Waals surface area contributed by atoms with Crippen molar-refractivity contribution in [2.24, 2.45) is 4.99 Å². The molecule has 1 aromatic carbocycles. The van der Waals surface area contributed by atoms with Gasteiger partial charge in [0.15, 0.2) is 5.17 Å². The van der Waals surface area contributed by atoms with Crippen LogP contribution in [0.4, 0.5) is 0 Å². The highest BCUT2D eigenvalue weighted by molar-refractivity contribution is 8.16. The monoisotopic (exact) mass is 413 g/mol. The molecule has 1 aromatic rings. The largest absolute Gasteiger partial charge is 0.466 e. The number of carbonyl (C=O) groups excluding carboxylic acids is 2. The second-order valence-corrected chi connectivity index (χ2v) is 7.93. The van der Waals surface area contributed by atoms with Crippen LogP contribution in [0.3, 0.4) is 0 Å². The number of aliphatic imine (C=N–C) groups is 1. The van der Waals surface area contributed by atoms with Crippen LogP contribution in [0.15, 0.2) is 45.6 Å². The van der Waals surface area contributed by atoms with Crippen LogP contribution in [-0.4, -0.2) is 35.6 Å². The molecule has 0 aromatic heterocycles. The van der Waals surface area contributed by atoms with Gasteiger partial charge >= 0.3 is 5.97 Å². The lowest BCUT2D eigenvalue weighted by Gasteiger charge is -2.37. The van der Waals surface area contributed by atoms with E-state index in [4.69, 9.17) is 9.73 Å². The quantitative estimate of drug-likeness (QED) is 0.715. The average molecular weight is 414 g/mol. The summed E-state index contributed by atoms with van der Waals surface area (Å²) in [5, 5.41) is 5.60. The highest BCUT2D eigenvalue weighted by Crippen LogP contribution is 2.46. The lowest BCUT2D eigenvalue weighted by molar-refractivity contribution is -0.136. The number of thioether (sulfide) groups is 1. The second-order valence-electron chi connectivity index (χ2n) is 7.09. The molecule has 29 heavy (non-hydrogen) atoms. The molecule has 0 radical (unpaired) electrons. The normalized spacial score (nSPS) is 18.2. The number of rotatable bonds is 6. The zero-order valence-electron chi connectivity index (χ0n) is 17.5. The van der Waals surface area contributed by atoms with Gasteiger partial charge in [0.2, 0.25) is 5.91 Å². The van der Waals surface area contributed by atoms with Crippen molar-refractivity contribution in [2.45, 2.75) is 46.6 Å². The highest BCUT2D eigenvalue weighted by atomic mass is 32.2. The molecule has 1 unspecified atom stereocenters. The minimum Gasteiger partial charge on any atom is -0.466 e. The number of amidine groups is 1.